The molecule has 0 fully saturated rings. The molecule has 7 heteroatoms. The predicted molar refractivity (Wildman–Crippen MR) is 105 cm³/mol. The molecular weight excluding hydrogens is 360 g/mol. The summed E-state index contributed by atoms with van der Waals surface area (Å²) in [5.74, 6) is 0.687. The maximum Gasteiger partial charge on any atom is 0.277 e. The van der Waals surface area contributed by atoms with Crippen molar-refractivity contribution in [2.75, 3.05) is 5.75 Å². The van der Waals surface area contributed by atoms with Crippen molar-refractivity contribution in [3.8, 4) is 11.5 Å². The van der Waals surface area contributed by atoms with Crippen LogP contribution in [-0.2, 0) is 11.3 Å². The number of carbonyl (C=O) groups excluding carboxylic acids is 1. The van der Waals surface area contributed by atoms with Gasteiger partial charge in [-0.15, -0.1) is 10.2 Å². The molecule has 1 aromatic carbocycles. The molecule has 0 aliphatic rings. The van der Waals surface area contributed by atoms with Gasteiger partial charge < -0.3 is 9.32 Å². The molecule has 3 aromatic rings. The van der Waals surface area contributed by atoms with Gasteiger partial charge in [0, 0.05) is 30.0 Å². The van der Waals surface area contributed by atoms with Gasteiger partial charge in [-0.2, -0.15) is 0 Å². The molecule has 6 nitrogen and oxygen atoms in total. The minimum atomic E-state index is -0.287. The van der Waals surface area contributed by atoms with Crippen LogP contribution in [0.2, 0.25) is 0 Å². The standard InChI is InChI=1S/C20H22N4O2S/c1-20(2,3)24(13-15-7-5-4-6-8-15)17(25)14-27-19-23-22-18(26-19)16-9-11-21-12-10-16/h4-12H,13-14H2,1-3H3. The van der Waals surface area contributed by atoms with Crippen molar-refractivity contribution in [1.29, 1.82) is 0 Å². The zero-order chi connectivity index (χ0) is 19.3. The van der Waals surface area contributed by atoms with Crippen LogP contribution >= 0.6 is 11.8 Å². The SMILES string of the molecule is CC(C)(C)N(Cc1ccccc1)C(=O)CSc1nnc(-c2ccncc2)o1. The summed E-state index contributed by atoms with van der Waals surface area (Å²) in [5, 5.41) is 8.44. The molecule has 0 bridgehead atoms. The van der Waals surface area contributed by atoms with Crippen LogP contribution < -0.4 is 0 Å². The number of pyridine rings is 1. The fraction of sp³-hybridized carbons (Fsp3) is 0.300. The van der Waals surface area contributed by atoms with Crippen LogP contribution in [0.25, 0.3) is 11.5 Å². The molecule has 0 aliphatic carbocycles. The third-order valence-electron chi connectivity index (χ3n) is 3.95. The summed E-state index contributed by atoms with van der Waals surface area (Å²) in [5.41, 5.74) is 1.62. The summed E-state index contributed by atoms with van der Waals surface area (Å²) in [6.07, 6.45) is 3.33. The lowest BCUT2D eigenvalue weighted by molar-refractivity contribution is -0.133. The molecule has 2 aromatic heterocycles. The molecule has 27 heavy (non-hydrogen) atoms. The van der Waals surface area contributed by atoms with Crippen LogP contribution in [0.5, 0.6) is 0 Å². The van der Waals surface area contributed by atoms with Gasteiger partial charge >= 0.3 is 0 Å². The first kappa shape index (κ1) is 19.1. The highest BCUT2D eigenvalue weighted by atomic mass is 32.2. The van der Waals surface area contributed by atoms with Gasteiger partial charge in [0.15, 0.2) is 0 Å². The second-order valence-corrected chi connectivity index (χ2v) is 7.96. The minimum Gasteiger partial charge on any atom is -0.411 e. The topological polar surface area (TPSA) is 72.1 Å². The molecule has 1 amide bonds. The molecule has 0 spiro atoms. The van der Waals surface area contributed by atoms with Gasteiger partial charge in [0.2, 0.25) is 11.8 Å². The highest BCUT2D eigenvalue weighted by molar-refractivity contribution is 7.99. The molecule has 0 atom stereocenters. The number of rotatable bonds is 6. The number of hydrogen-bond donors (Lipinski definition) is 0. The number of nitrogens with zero attached hydrogens (tertiary/aromatic N) is 4. The third kappa shape index (κ3) is 5.17. The van der Waals surface area contributed by atoms with Crippen LogP contribution in [-0.4, -0.2) is 37.3 Å². The number of carbonyl (C=O) groups is 1. The second kappa shape index (κ2) is 8.35. The minimum absolute atomic E-state index is 0.0278. The number of benzene rings is 1. The van der Waals surface area contributed by atoms with Gasteiger partial charge in [-0.3, -0.25) is 9.78 Å². The van der Waals surface area contributed by atoms with E-state index in [2.05, 4.69) is 15.2 Å². The summed E-state index contributed by atoms with van der Waals surface area (Å²) >= 11 is 1.25. The van der Waals surface area contributed by atoms with E-state index >= 15 is 0 Å². The molecular formula is C20H22N4O2S. The summed E-state index contributed by atoms with van der Waals surface area (Å²) in [7, 11) is 0. The zero-order valence-electron chi connectivity index (χ0n) is 15.6. The summed E-state index contributed by atoms with van der Waals surface area (Å²) in [6.45, 7) is 6.67. The highest BCUT2D eigenvalue weighted by Crippen LogP contribution is 2.25. The number of thioether (sulfide) groups is 1. The number of hydrogen-bond acceptors (Lipinski definition) is 6. The number of amides is 1. The van der Waals surface area contributed by atoms with E-state index in [9.17, 15) is 4.79 Å². The largest absolute Gasteiger partial charge is 0.411 e. The van der Waals surface area contributed by atoms with Gasteiger partial charge in [0.25, 0.3) is 5.22 Å². The fourth-order valence-corrected chi connectivity index (χ4v) is 3.19. The van der Waals surface area contributed by atoms with Gasteiger partial charge in [-0.25, -0.2) is 0 Å². The quantitative estimate of drug-likeness (QED) is 0.599. The fourth-order valence-electron chi connectivity index (χ4n) is 2.55. The predicted octanol–water partition coefficient (Wildman–Crippen LogP) is 4.05. The van der Waals surface area contributed by atoms with Crippen molar-refractivity contribution in [2.24, 2.45) is 0 Å². The van der Waals surface area contributed by atoms with Gasteiger partial charge in [0.1, 0.15) is 0 Å². The van der Waals surface area contributed by atoms with E-state index in [0.29, 0.717) is 17.7 Å². The van der Waals surface area contributed by atoms with E-state index in [-0.39, 0.29) is 17.2 Å². The third-order valence-corrected chi connectivity index (χ3v) is 4.75. The van der Waals surface area contributed by atoms with Crippen molar-refractivity contribution >= 4 is 17.7 Å². The first-order valence-electron chi connectivity index (χ1n) is 8.64. The van der Waals surface area contributed by atoms with Crippen molar-refractivity contribution < 1.29 is 9.21 Å². The lowest BCUT2D eigenvalue weighted by Crippen LogP contribution is -2.45. The zero-order valence-corrected chi connectivity index (χ0v) is 16.4. The molecule has 3 rings (SSSR count). The van der Waals surface area contributed by atoms with Crippen LogP contribution in [0, 0.1) is 0 Å². The Kier molecular flexibility index (Phi) is 5.91. The Hall–Kier alpha value is -2.67. The molecule has 0 unspecified atom stereocenters. The molecule has 0 aliphatic heterocycles. The maximum atomic E-state index is 12.9. The summed E-state index contributed by atoms with van der Waals surface area (Å²) in [6, 6.07) is 13.6. The van der Waals surface area contributed by atoms with Crippen LogP contribution in [0.1, 0.15) is 26.3 Å². The Morgan fingerprint density at radius 2 is 1.78 bits per heavy atom. The Morgan fingerprint density at radius 3 is 2.44 bits per heavy atom. The Morgan fingerprint density at radius 1 is 1.07 bits per heavy atom. The van der Waals surface area contributed by atoms with E-state index in [1.807, 2.05) is 56.0 Å². The van der Waals surface area contributed by atoms with Crippen molar-refractivity contribution in [3.63, 3.8) is 0 Å². The first-order chi connectivity index (χ1) is 12.9. The Labute approximate surface area is 163 Å². The second-order valence-electron chi connectivity index (χ2n) is 7.03. The van der Waals surface area contributed by atoms with Crippen LogP contribution in [0.4, 0.5) is 0 Å². The van der Waals surface area contributed by atoms with Gasteiger partial charge in [-0.05, 0) is 38.5 Å². The van der Waals surface area contributed by atoms with Crippen molar-refractivity contribution in [1.82, 2.24) is 20.1 Å². The molecule has 0 N–H and O–H groups in total. The summed E-state index contributed by atoms with van der Waals surface area (Å²) < 4.78 is 5.65. The Bertz CT molecular complexity index is 876. The lowest BCUT2D eigenvalue weighted by Gasteiger charge is -2.35. The van der Waals surface area contributed by atoms with E-state index in [1.54, 1.807) is 24.5 Å². The Balaban J connectivity index is 1.65. The van der Waals surface area contributed by atoms with E-state index in [4.69, 9.17) is 4.42 Å². The molecule has 2 heterocycles. The monoisotopic (exact) mass is 382 g/mol. The molecule has 140 valence electrons. The maximum absolute atomic E-state index is 12.9. The van der Waals surface area contributed by atoms with E-state index < -0.39 is 0 Å². The van der Waals surface area contributed by atoms with Crippen LogP contribution in [0.15, 0.2) is 64.5 Å². The first-order valence-corrected chi connectivity index (χ1v) is 9.63. The van der Waals surface area contributed by atoms with Gasteiger partial charge in [0.05, 0.1) is 5.75 Å². The normalized spacial score (nSPS) is 11.4. The number of aromatic nitrogens is 3. The lowest BCUT2D eigenvalue weighted by atomic mass is 10.0. The highest BCUT2D eigenvalue weighted by Gasteiger charge is 2.27. The van der Waals surface area contributed by atoms with E-state index in [1.165, 1.54) is 11.8 Å². The average molecular weight is 382 g/mol. The molecule has 0 saturated heterocycles. The van der Waals surface area contributed by atoms with Crippen LogP contribution in [0.3, 0.4) is 0 Å². The summed E-state index contributed by atoms with van der Waals surface area (Å²) in [4.78, 5) is 18.7. The van der Waals surface area contributed by atoms with Gasteiger partial charge in [-0.1, -0.05) is 42.1 Å². The van der Waals surface area contributed by atoms with E-state index in [0.717, 1.165) is 11.1 Å². The van der Waals surface area contributed by atoms with Crippen molar-refractivity contribution in [2.45, 2.75) is 38.1 Å². The molecule has 0 saturated carbocycles. The average Bonchev–Trinajstić information content (AvgIpc) is 3.14. The molecule has 0 radical (unpaired) electrons. The smallest absolute Gasteiger partial charge is 0.277 e. The van der Waals surface area contributed by atoms with Crippen molar-refractivity contribution in [3.05, 3.63) is 60.4 Å².